The maximum absolute atomic E-state index is 12.2. The van der Waals surface area contributed by atoms with Gasteiger partial charge in [-0.3, -0.25) is 4.79 Å². The molecule has 124 valence electrons. The lowest BCUT2D eigenvalue weighted by atomic mass is 10.1. The van der Waals surface area contributed by atoms with Gasteiger partial charge in [0.05, 0.1) is 12.5 Å². The lowest BCUT2D eigenvalue weighted by molar-refractivity contribution is -0.121. The molecule has 0 aromatic carbocycles. The Labute approximate surface area is 139 Å². The van der Waals surface area contributed by atoms with Crippen LogP contribution in [0.25, 0.3) is 5.78 Å². The summed E-state index contributed by atoms with van der Waals surface area (Å²) in [5.74, 6) is 0.561. The fourth-order valence-corrected chi connectivity index (χ4v) is 3.12. The Morgan fingerprint density at radius 2 is 2.26 bits per heavy atom. The third kappa shape index (κ3) is 3.48. The van der Waals surface area contributed by atoms with Crippen LogP contribution in [-0.2, 0) is 16.0 Å². The van der Waals surface area contributed by atoms with Crippen molar-refractivity contribution in [2.24, 2.45) is 0 Å². The van der Waals surface area contributed by atoms with Crippen LogP contribution in [0.5, 0.6) is 0 Å². The highest BCUT2D eigenvalue weighted by Crippen LogP contribution is 2.17. The minimum absolute atomic E-state index is 0.0157. The maximum Gasteiger partial charge on any atom is 0.253 e. The van der Waals surface area contributed by atoms with Gasteiger partial charge in [0, 0.05) is 30.1 Å². The number of nitrogens with zero attached hydrogens (tertiary/aromatic N) is 4. The number of rotatable bonds is 5. The third-order valence-electron chi connectivity index (χ3n) is 4.10. The number of nitrogens with one attached hydrogen (secondary N) is 1. The number of aromatic nitrogens is 4. The van der Waals surface area contributed by atoms with E-state index in [4.69, 9.17) is 4.74 Å². The van der Waals surface area contributed by atoms with Crippen LogP contribution in [0.4, 0.5) is 0 Å². The van der Waals surface area contributed by atoms with E-state index in [2.05, 4.69) is 20.4 Å². The lowest BCUT2D eigenvalue weighted by Crippen LogP contribution is -2.33. The van der Waals surface area contributed by atoms with E-state index in [0.717, 1.165) is 36.4 Å². The normalized spacial score (nSPS) is 17.8. The summed E-state index contributed by atoms with van der Waals surface area (Å²) in [6, 6.07) is 0. The number of amides is 1. The SMILES string of the molecule is CSc1nc2nc(C)c(CC(=O)NCC3CCCO3)c(C)n2n1. The molecule has 3 rings (SSSR count). The molecule has 1 unspecified atom stereocenters. The van der Waals surface area contributed by atoms with Crippen LogP contribution in [-0.4, -0.2) is 51.0 Å². The second-order valence-electron chi connectivity index (χ2n) is 5.69. The molecule has 2 aromatic heterocycles. The van der Waals surface area contributed by atoms with E-state index < -0.39 is 0 Å². The van der Waals surface area contributed by atoms with Crippen LogP contribution in [0.2, 0.25) is 0 Å². The molecule has 1 atom stereocenters. The molecule has 23 heavy (non-hydrogen) atoms. The van der Waals surface area contributed by atoms with Gasteiger partial charge in [-0.05, 0) is 32.9 Å². The molecule has 1 aliphatic rings. The average Bonchev–Trinajstić information content (AvgIpc) is 3.18. The van der Waals surface area contributed by atoms with Crippen LogP contribution >= 0.6 is 11.8 Å². The first-order valence-electron chi connectivity index (χ1n) is 7.73. The standard InChI is InChI=1S/C15H21N5O2S/c1-9-12(7-13(21)16-8-11-5-4-6-22-11)10(2)20-14(17-9)18-15(19-20)23-3/h11H,4-8H2,1-3H3,(H,16,21). The van der Waals surface area contributed by atoms with Gasteiger partial charge in [-0.2, -0.15) is 4.98 Å². The minimum atomic E-state index is -0.0157. The summed E-state index contributed by atoms with van der Waals surface area (Å²) < 4.78 is 7.23. The lowest BCUT2D eigenvalue weighted by Gasteiger charge is -2.13. The summed E-state index contributed by atoms with van der Waals surface area (Å²) >= 11 is 1.47. The van der Waals surface area contributed by atoms with Crippen molar-refractivity contribution in [1.82, 2.24) is 24.9 Å². The van der Waals surface area contributed by atoms with Crippen molar-refractivity contribution in [1.29, 1.82) is 0 Å². The molecule has 1 fully saturated rings. The van der Waals surface area contributed by atoms with Crippen LogP contribution in [0.3, 0.4) is 0 Å². The van der Waals surface area contributed by atoms with Gasteiger partial charge in [0.1, 0.15) is 0 Å². The third-order valence-corrected chi connectivity index (χ3v) is 4.64. The van der Waals surface area contributed by atoms with E-state index in [-0.39, 0.29) is 12.0 Å². The van der Waals surface area contributed by atoms with Gasteiger partial charge in [-0.25, -0.2) is 9.50 Å². The molecule has 1 saturated heterocycles. The molecule has 7 nitrogen and oxygen atoms in total. The fourth-order valence-electron chi connectivity index (χ4n) is 2.79. The molecule has 0 bridgehead atoms. The van der Waals surface area contributed by atoms with Gasteiger partial charge in [0.15, 0.2) is 0 Å². The van der Waals surface area contributed by atoms with Crippen molar-refractivity contribution in [2.45, 2.75) is 44.4 Å². The maximum atomic E-state index is 12.2. The number of hydrogen-bond donors (Lipinski definition) is 1. The van der Waals surface area contributed by atoms with Crippen molar-refractivity contribution < 1.29 is 9.53 Å². The van der Waals surface area contributed by atoms with Crippen LogP contribution in [0.1, 0.15) is 29.8 Å². The fraction of sp³-hybridized carbons (Fsp3) is 0.600. The van der Waals surface area contributed by atoms with Crippen molar-refractivity contribution in [3.05, 3.63) is 17.0 Å². The summed E-state index contributed by atoms with van der Waals surface area (Å²) in [5, 5.41) is 8.03. The first-order chi connectivity index (χ1) is 11.1. The van der Waals surface area contributed by atoms with E-state index in [0.29, 0.717) is 23.9 Å². The highest BCUT2D eigenvalue weighted by Gasteiger charge is 2.18. The van der Waals surface area contributed by atoms with Gasteiger partial charge in [0.2, 0.25) is 11.1 Å². The molecule has 1 aliphatic heterocycles. The molecule has 8 heteroatoms. The average molecular weight is 335 g/mol. The molecule has 0 aliphatic carbocycles. The van der Waals surface area contributed by atoms with Crippen LogP contribution in [0, 0.1) is 13.8 Å². The Balaban J connectivity index is 1.74. The van der Waals surface area contributed by atoms with E-state index in [1.54, 1.807) is 4.52 Å². The highest BCUT2D eigenvalue weighted by atomic mass is 32.2. The van der Waals surface area contributed by atoms with Gasteiger partial charge in [-0.15, -0.1) is 5.10 Å². The molecule has 0 saturated carbocycles. The largest absolute Gasteiger partial charge is 0.376 e. The summed E-state index contributed by atoms with van der Waals surface area (Å²) in [4.78, 5) is 21.0. The Morgan fingerprint density at radius 1 is 1.43 bits per heavy atom. The Morgan fingerprint density at radius 3 is 2.96 bits per heavy atom. The Hall–Kier alpha value is -1.67. The summed E-state index contributed by atoms with van der Waals surface area (Å²) in [6.07, 6.45) is 4.46. The van der Waals surface area contributed by atoms with E-state index >= 15 is 0 Å². The summed E-state index contributed by atoms with van der Waals surface area (Å²) in [6.45, 7) is 5.22. The Kier molecular flexibility index (Phi) is 4.82. The zero-order valence-electron chi connectivity index (χ0n) is 13.6. The predicted molar refractivity (Wildman–Crippen MR) is 87.7 cm³/mol. The molecule has 1 amide bonds. The second-order valence-corrected chi connectivity index (χ2v) is 6.46. The van der Waals surface area contributed by atoms with E-state index in [1.165, 1.54) is 11.8 Å². The van der Waals surface area contributed by atoms with Crippen molar-refractivity contribution >= 4 is 23.4 Å². The first kappa shape index (κ1) is 16.2. The monoisotopic (exact) mass is 335 g/mol. The van der Waals surface area contributed by atoms with Gasteiger partial charge >= 0.3 is 0 Å². The zero-order valence-corrected chi connectivity index (χ0v) is 14.4. The predicted octanol–water partition coefficient (Wildman–Crippen LogP) is 1.30. The minimum Gasteiger partial charge on any atom is -0.376 e. The van der Waals surface area contributed by atoms with Gasteiger partial charge in [0.25, 0.3) is 5.78 Å². The molecule has 1 N–H and O–H groups in total. The first-order valence-corrected chi connectivity index (χ1v) is 8.96. The Bertz CT molecular complexity index is 724. The van der Waals surface area contributed by atoms with Gasteiger partial charge in [-0.1, -0.05) is 11.8 Å². The number of ether oxygens (including phenoxy) is 1. The molecule has 2 aromatic rings. The van der Waals surface area contributed by atoms with Crippen molar-refractivity contribution in [2.75, 3.05) is 19.4 Å². The van der Waals surface area contributed by atoms with Crippen LogP contribution < -0.4 is 5.32 Å². The molecule has 0 spiro atoms. The quantitative estimate of drug-likeness (QED) is 0.830. The number of aryl methyl sites for hydroxylation is 2. The number of fused-ring (bicyclic) bond motifs is 1. The number of carbonyl (C=O) groups is 1. The van der Waals surface area contributed by atoms with E-state index in [1.807, 2.05) is 20.1 Å². The number of carbonyl (C=O) groups excluding carboxylic acids is 1. The summed E-state index contributed by atoms with van der Waals surface area (Å²) in [7, 11) is 0. The second kappa shape index (κ2) is 6.84. The van der Waals surface area contributed by atoms with Gasteiger partial charge < -0.3 is 10.1 Å². The van der Waals surface area contributed by atoms with Crippen molar-refractivity contribution in [3.63, 3.8) is 0 Å². The molecular formula is C15H21N5O2S. The topological polar surface area (TPSA) is 81.4 Å². The smallest absolute Gasteiger partial charge is 0.253 e. The number of hydrogen-bond acceptors (Lipinski definition) is 6. The summed E-state index contributed by atoms with van der Waals surface area (Å²) in [5.41, 5.74) is 2.63. The van der Waals surface area contributed by atoms with E-state index in [9.17, 15) is 4.79 Å². The van der Waals surface area contributed by atoms with Crippen molar-refractivity contribution in [3.8, 4) is 0 Å². The molecule has 0 radical (unpaired) electrons. The van der Waals surface area contributed by atoms with Crippen LogP contribution in [0.15, 0.2) is 5.16 Å². The number of thioether (sulfide) groups is 1. The zero-order chi connectivity index (χ0) is 16.4. The highest BCUT2D eigenvalue weighted by molar-refractivity contribution is 7.98. The molecular weight excluding hydrogens is 314 g/mol. The molecule has 3 heterocycles.